The number of thiazole rings is 1. The van der Waals surface area contributed by atoms with E-state index in [1.807, 2.05) is 22.8 Å². The van der Waals surface area contributed by atoms with Crippen LogP contribution in [-0.4, -0.2) is 9.55 Å². The smallest absolute Gasteiger partial charge is 0.271 e. The maximum atomic E-state index is 13.5. The van der Waals surface area contributed by atoms with E-state index < -0.39 is 0 Å². The number of aromatic nitrogens is 2. The Morgan fingerprint density at radius 1 is 1.07 bits per heavy atom. The fourth-order valence-corrected chi connectivity index (χ4v) is 6.18. The van der Waals surface area contributed by atoms with Gasteiger partial charge in [0.2, 0.25) is 0 Å². The molecule has 0 saturated heterocycles. The van der Waals surface area contributed by atoms with Gasteiger partial charge in [0, 0.05) is 22.8 Å². The lowest BCUT2D eigenvalue weighted by molar-refractivity contribution is 0.593. The molecule has 2 aliphatic rings. The lowest BCUT2D eigenvalue weighted by Crippen LogP contribution is -2.38. The van der Waals surface area contributed by atoms with Crippen LogP contribution < -0.4 is 14.9 Å². The predicted molar refractivity (Wildman–Crippen MR) is 121 cm³/mol. The van der Waals surface area contributed by atoms with Crippen molar-refractivity contribution >= 4 is 34.4 Å². The maximum absolute atomic E-state index is 13.5. The van der Waals surface area contributed by atoms with Crippen LogP contribution in [0.3, 0.4) is 0 Å². The summed E-state index contributed by atoms with van der Waals surface area (Å²) < 4.78 is 2.59. The third-order valence-electron chi connectivity index (χ3n) is 5.67. The van der Waals surface area contributed by atoms with Crippen LogP contribution in [0.1, 0.15) is 34.0 Å². The first-order valence-electron chi connectivity index (χ1n) is 9.86. The second kappa shape index (κ2) is 7.00. The summed E-state index contributed by atoms with van der Waals surface area (Å²) in [6, 6.07) is 16.5. The fraction of sp³-hybridized carbons (Fsp3) is 0.125. The number of hydrogen-bond donors (Lipinski definition) is 0. The highest BCUT2D eigenvalue weighted by atomic mass is 32.1. The normalized spacial score (nSPS) is 17.9. The SMILES string of the molecule is O=c1/c(=C\c2cccnc2)sc2n1[C@H](c1cccs1)C1=C(N=2)c2ccccc2CC1. The number of fused-ring (bicyclic) bond motifs is 3. The summed E-state index contributed by atoms with van der Waals surface area (Å²) in [5.74, 6) is 0. The number of nitrogens with zero attached hydrogens (tertiary/aromatic N) is 3. The Morgan fingerprint density at radius 3 is 2.83 bits per heavy atom. The molecule has 0 radical (unpaired) electrons. The molecule has 1 atom stereocenters. The molecule has 4 aromatic rings. The highest BCUT2D eigenvalue weighted by Crippen LogP contribution is 2.42. The average molecular weight is 428 g/mol. The van der Waals surface area contributed by atoms with Crippen LogP contribution in [0.15, 0.2) is 81.7 Å². The summed E-state index contributed by atoms with van der Waals surface area (Å²) in [7, 11) is 0. The van der Waals surface area contributed by atoms with Crippen molar-refractivity contribution in [2.75, 3.05) is 0 Å². The molecule has 0 N–H and O–H groups in total. The van der Waals surface area contributed by atoms with Crippen LogP contribution in [0.4, 0.5) is 0 Å². The number of aryl methyl sites for hydroxylation is 1. The zero-order valence-electron chi connectivity index (χ0n) is 16.0. The van der Waals surface area contributed by atoms with E-state index in [0.29, 0.717) is 4.53 Å². The van der Waals surface area contributed by atoms with Gasteiger partial charge in [-0.05, 0) is 53.1 Å². The molecule has 1 aromatic carbocycles. The van der Waals surface area contributed by atoms with Crippen molar-refractivity contribution in [3.8, 4) is 0 Å². The number of rotatable bonds is 2. The summed E-state index contributed by atoms with van der Waals surface area (Å²) in [6.45, 7) is 0. The molecule has 1 aliphatic heterocycles. The number of allylic oxidation sites excluding steroid dienone is 1. The van der Waals surface area contributed by atoms with Crippen molar-refractivity contribution in [2.45, 2.75) is 18.9 Å². The first-order valence-corrected chi connectivity index (χ1v) is 11.6. The highest BCUT2D eigenvalue weighted by Gasteiger charge is 2.32. The second-order valence-corrected chi connectivity index (χ2v) is 9.40. The van der Waals surface area contributed by atoms with Gasteiger partial charge in [0.1, 0.15) is 0 Å². The molecule has 0 fully saturated rings. The summed E-state index contributed by atoms with van der Waals surface area (Å²) in [6.07, 6.45) is 7.33. The molecule has 0 unspecified atom stereocenters. The molecule has 30 heavy (non-hydrogen) atoms. The Morgan fingerprint density at radius 2 is 2.00 bits per heavy atom. The third-order valence-corrected chi connectivity index (χ3v) is 7.58. The van der Waals surface area contributed by atoms with Crippen LogP contribution in [0.25, 0.3) is 11.8 Å². The Balaban J connectivity index is 1.64. The average Bonchev–Trinajstić information content (AvgIpc) is 3.42. The Labute approximate surface area is 180 Å². The van der Waals surface area contributed by atoms with Crippen LogP contribution >= 0.6 is 22.7 Å². The summed E-state index contributed by atoms with van der Waals surface area (Å²) >= 11 is 3.16. The van der Waals surface area contributed by atoms with E-state index in [1.54, 1.807) is 23.7 Å². The van der Waals surface area contributed by atoms with Crippen LogP contribution in [0.2, 0.25) is 0 Å². The molecule has 6 rings (SSSR count). The van der Waals surface area contributed by atoms with Gasteiger partial charge >= 0.3 is 0 Å². The zero-order chi connectivity index (χ0) is 20.1. The molecule has 0 bridgehead atoms. The number of benzene rings is 1. The van der Waals surface area contributed by atoms with Crippen molar-refractivity contribution in [1.29, 1.82) is 0 Å². The molecule has 0 saturated carbocycles. The Bertz CT molecular complexity index is 1460. The molecule has 3 aromatic heterocycles. The minimum Gasteiger partial charge on any atom is -0.271 e. The molecular weight excluding hydrogens is 410 g/mol. The maximum Gasteiger partial charge on any atom is 0.271 e. The van der Waals surface area contributed by atoms with Crippen molar-refractivity contribution in [3.05, 3.63) is 113 Å². The minimum absolute atomic E-state index is 0.0198. The van der Waals surface area contributed by atoms with Crippen LogP contribution in [0, 0.1) is 0 Å². The summed E-state index contributed by atoms with van der Waals surface area (Å²) in [5.41, 5.74) is 5.77. The van der Waals surface area contributed by atoms with Gasteiger partial charge in [-0.2, -0.15) is 0 Å². The standard InChI is InChI=1S/C24H17N3OS2/c28-23-20(13-15-5-3-11-25-14-15)30-24-26-21-17-7-2-1-6-16(17)9-10-18(21)22(27(23)24)19-8-4-12-29-19/h1-8,11-14,22H,9-10H2/b20-13+/t22-/m0/s1. The molecule has 1 aliphatic carbocycles. The quantitative estimate of drug-likeness (QED) is 0.489. The molecule has 146 valence electrons. The first-order chi connectivity index (χ1) is 14.8. The molecule has 4 heterocycles. The van der Waals surface area contributed by atoms with E-state index in [-0.39, 0.29) is 11.6 Å². The van der Waals surface area contributed by atoms with Gasteiger partial charge in [-0.15, -0.1) is 11.3 Å². The highest BCUT2D eigenvalue weighted by molar-refractivity contribution is 7.10. The van der Waals surface area contributed by atoms with Gasteiger partial charge in [-0.1, -0.05) is 47.7 Å². The summed E-state index contributed by atoms with van der Waals surface area (Å²) in [5, 5.41) is 2.08. The van der Waals surface area contributed by atoms with E-state index in [1.165, 1.54) is 32.9 Å². The van der Waals surface area contributed by atoms with E-state index >= 15 is 0 Å². The zero-order valence-corrected chi connectivity index (χ0v) is 17.6. The number of thiophene rings is 1. The number of pyridine rings is 1. The Kier molecular flexibility index (Phi) is 4.14. The van der Waals surface area contributed by atoms with Crippen molar-refractivity contribution < 1.29 is 0 Å². The largest absolute Gasteiger partial charge is 0.271 e. The third kappa shape index (κ3) is 2.75. The van der Waals surface area contributed by atoms with E-state index in [2.05, 4.69) is 46.8 Å². The van der Waals surface area contributed by atoms with Gasteiger partial charge in [0.05, 0.1) is 16.3 Å². The van der Waals surface area contributed by atoms with E-state index in [9.17, 15) is 4.79 Å². The monoisotopic (exact) mass is 427 g/mol. The van der Waals surface area contributed by atoms with Gasteiger partial charge in [0.25, 0.3) is 5.56 Å². The van der Waals surface area contributed by atoms with E-state index in [0.717, 1.165) is 28.9 Å². The van der Waals surface area contributed by atoms with E-state index in [4.69, 9.17) is 4.99 Å². The van der Waals surface area contributed by atoms with Gasteiger partial charge < -0.3 is 0 Å². The van der Waals surface area contributed by atoms with Crippen LogP contribution in [0.5, 0.6) is 0 Å². The van der Waals surface area contributed by atoms with Crippen molar-refractivity contribution in [1.82, 2.24) is 9.55 Å². The molecule has 6 heteroatoms. The summed E-state index contributed by atoms with van der Waals surface area (Å²) in [4.78, 5) is 24.6. The molecule has 4 nitrogen and oxygen atoms in total. The van der Waals surface area contributed by atoms with Gasteiger partial charge in [-0.3, -0.25) is 14.3 Å². The Hall–Kier alpha value is -3.09. The lowest BCUT2D eigenvalue weighted by Gasteiger charge is -2.30. The van der Waals surface area contributed by atoms with Crippen molar-refractivity contribution in [3.63, 3.8) is 0 Å². The second-order valence-electron chi connectivity index (χ2n) is 7.42. The molecular formula is C24H17N3OS2. The van der Waals surface area contributed by atoms with Crippen LogP contribution in [-0.2, 0) is 6.42 Å². The minimum atomic E-state index is -0.0827. The predicted octanol–water partition coefficient (Wildman–Crippen LogP) is 3.78. The number of hydrogen-bond acceptors (Lipinski definition) is 5. The topological polar surface area (TPSA) is 47.2 Å². The molecule has 0 spiro atoms. The van der Waals surface area contributed by atoms with Gasteiger partial charge in [0.15, 0.2) is 4.80 Å². The van der Waals surface area contributed by atoms with Crippen molar-refractivity contribution in [2.24, 2.45) is 4.99 Å². The lowest BCUT2D eigenvalue weighted by atomic mass is 9.85. The molecule has 0 amide bonds. The first kappa shape index (κ1) is 17.7. The van der Waals surface area contributed by atoms with Gasteiger partial charge in [-0.25, -0.2) is 4.99 Å². The fourth-order valence-electron chi connectivity index (χ4n) is 4.33.